The number of rotatable bonds is 0. The Kier molecular flexibility index (Phi) is 2.75. The number of pyridine rings is 2. The molecule has 4 heterocycles. The summed E-state index contributed by atoms with van der Waals surface area (Å²) in [6.45, 7) is 0. The highest BCUT2D eigenvalue weighted by Crippen LogP contribution is 2.06. The van der Waals surface area contributed by atoms with E-state index in [2.05, 4.69) is 19.9 Å². The second-order valence-electron chi connectivity index (χ2n) is 3.84. The van der Waals surface area contributed by atoms with Crippen LogP contribution in [0.4, 0.5) is 0 Å². The highest BCUT2D eigenvalue weighted by Gasteiger charge is 1.89. The average Bonchev–Trinajstić information content (AvgIpc) is 3.08. The lowest BCUT2D eigenvalue weighted by molar-refractivity contribution is 1.33. The molecule has 0 aromatic carbocycles. The van der Waals surface area contributed by atoms with Gasteiger partial charge in [-0.15, -0.1) is 0 Å². The summed E-state index contributed by atoms with van der Waals surface area (Å²) >= 11 is 0. The molecule has 0 saturated carbocycles. The molecule has 88 valence electrons. The van der Waals surface area contributed by atoms with Gasteiger partial charge in [-0.1, -0.05) is 0 Å². The van der Waals surface area contributed by atoms with Crippen molar-refractivity contribution in [2.24, 2.45) is 0 Å². The van der Waals surface area contributed by atoms with Gasteiger partial charge < -0.3 is 9.97 Å². The maximum Gasteiger partial charge on any atom is 0.137 e. The fourth-order valence-electron chi connectivity index (χ4n) is 1.77. The maximum absolute atomic E-state index is 4.09. The molecule has 0 spiro atoms. The Hall–Kier alpha value is -2.62. The topological polar surface area (TPSA) is 57.4 Å². The molecule has 0 saturated heterocycles. The predicted octanol–water partition coefficient (Wildman–Crippen LogP) is 3.13. The third kappa shape index (κ3) is 2.08. The van der Waals surface area contributed by atoms with Gasteiger partial charge in [0.25, 0.3) is 0 Å². The summed E-state index contributed by atoms with van der Waals surface area (Å²) in [5, 5.41) is 2.33. The van der Waals surface area contributed by atoms with E-state index in [4.69, 9.17) is 0 Å². The van der Waals surface area contributed by atoms with E-state index in [9.17, 15) is 0 Å². The van der Waals surface area contributed by atoms with Crippen LogP contribution in [0, 0.1) is 0 Å². The molecule has 0 radical (unpaired) electrons. The molecule has 0 aliphatic rings. The number of H-pyrrole nitrogens is 2. The van der Waals surface area contributed by atoms with Crippen LogP contribution in [0.5, 0.6) is 0 Å². The Morgan fingerprint density at radius 2 is 1.17 bits per heavy atom. The quantitative estimate of drug-likeness (QED) is 0.493. The Balaban J connectivity index is 0.000000111. The monoisotopic (exact) mass is 236 g/mol. The highest BCUT2D eigenvalue weighted by molar-refractivity contribution is 5.75. The summed E-state index contributed by atoms with van der Waals surface area (Å²) in [6, 6.07) is 11.9. The summed E-state index contributed by atoms with van der Waals surface area (Å²) < 4.78 is 0. The molecule has 4 aromatic heterocycles. The molecule has 0 aliphatic heterocycles. The van der Waals surface area contributed by atoms with Gasteiger partial charge in [0.1, 0.15) is 11.3 Å². The van der Waals surface area contributed by atoms with Crippen molar-refractivity contribution >= 4 is 22.1 Å². The van der Waals surface area contributed by atoms with Crippen molar-refractivity contribution in [1.29, 1.82) is 0 Å². The Labute approximate surface area is 104 Å². The van der Waals surface area contributed by atoms with Crippen LogP contribution in [0.25, 0.3) is 22.1 Å². The van der Waals surface area contributed by atoms with Crippen LogP contribution >= 0.6 is 0 Å². The van der Waals surface area contributed by atoms with Crippen molar-refractivity contribution in [2.75, 3.05) is 0 Å². The molecule has 0 atom stereocenters. The lowest BCUT2D eigenvalue weighted by Gasteiger charge is -1.82. The highest BCUT2D eigenvalue weighted by atomic mass is 14.8. The molecule has 2 N–H and O–H groups in total. The predicted molar refractivity (Wildman–Crippen MR) is 72.2 cm³/mol. The standard InChI is InChI=1S/2C7H6N2/c2*1-2-6-3-5-9-7(6)8-4-1/h2*1-5H,(H,8,9). The van der Waals surface area contributed by atoms with Gasteiger partial charge in [0, 0.05) is 35.6 Å². The number of hydrogen-bond acceptors (Lipinski definition) is 2. The zero-order valence-corrected chi connectivity index (χ0v) is 9.67. The number of nitrogens with zero attached hydrogens (tertiary/aromatic N) is 2. The molecule has 0 unspecified atom stereocenters. The number of hydrogen-bond donors (Lipinski definition) is 2. The minimum absolute atomic E-state index is 0.956. The molecule has 4 heteroatoms. The smallest absolute Gasteiger partial charge is 0.137 e. The molecule has 4 aromatic rings. The van der Waals surface area contributed by atoms with E-state index >= 15 is 0 Å². The first-order valence-corrected chi connectivity index (χ1v) is 5.70. The van der Waals surface area contributed by atoms with Crippen LogP contribution < -0.4 is 0 Å². The zero-order valence-electron chi connectivity index (χ0n) is 9.67. The third-order valence-corrected chi connectivity index (χ3v) is 2.64. The van der Waals surface area contributed by atoms with Gasteiger partial charge in [0.05, 0.1) is 0 Å². The van der Waals surface area contributed by atoms with Gasteiger partial charge in [0.15, 0.2) is 0 Å². The molecule has 4 nitrogen and oxygen atoms in total. The molecule has 18 heavy (non-hydrogen) atoms. The number of fused-ring (bicyclic) bond motifs is 2. The SMILES string of the molecule is c1cnc2[nH]ccc2c1.c1cnc2[nH]ccc2c1. The summed E-state index contributed by atoms with van der Waals surface area (Å²) in [5.74, 6) is 0. The van der Waals surface area contributed by atoms with Crippen molar-refractivity contribution < 1.29 is 0 Å². The van der Waals surface area contributed by atoms with Gasteiger partial charge in [-0.05, 0) is 36.4 Å². The van der Waals surface area contributed by atoms with Gasteiger partial charge >= 0.3 is 0 Å². The fraction of sp³-hybridized carbons (Fsp3) is 0. The third-order valence-electron chi connectivity index (χ3n) is 2.64. The second kappa shape index (κ2) is 4.71. The van der Waals surface area contributed by atoms with E-state index < -0.39 is 0 Å². The lowest BCUT2D eigenvalue weighted by atomic mass is 10.3. The Bertz CT molecular complexity index is 628. The minimum Gasteiger partial charge on any atom is -0.346 e. The fourth-order valence-corrected chi connectivity index (χ4v) is 1.77. The molecule has 0 bridgehead atoms. The van der Waals surface area contributed by atoms with Gasteiger partial charge in [0.2, 0.25) is 0 Å². The van der Waals surface area contributed by atoms with Crippen LogP contribution in [0.3, 0.4) is 0 Å². The van der Waals surface area contributed by atoms with Gasteiger partial charge in [-0.2, -0.15) is 0 Å². The summed E-state index contributed by atoms with van der Waals surface area (Å²) in [6.07, 6.45) is 7.33. The van der Waals surface area contributed by atoms with Crippen molar-refractivity contribution in [3.63, 3.8) is 0 Å². The van der Waals surface area contributed by atoms with Crippen LogP contribution in [-0.2, 0) is 0 Å². The largest absolute Gasteiger partial charge is 0.346 e. The van der Waals surface area contributed by atoms with Crippen molar-refractivity contribution in [2.45, 2.75) is 0 Å². The number of aromatic nitrogens is 4. The summed E-state index contributed by atoms with van der Waals surface area (Å²) in [5.41, 5.74) is 1.91. The summed E-state index contributed by atoms with van der Waals surface area (Å²) in [7, 11) is 0. The van der Waals surface area contributed by atoms with Crippen LogP contribution in [0.2, 0.25) is 0 Å². The van der Waals surface area contributed by atoms with E-state index in [-0.39, 0.29) is 0 Å². The Morgan fingerprint density at radius 1 is 0.667 bits per heavy atom. The molecule has 0 amide bonds. The van der Waals surface area contributed by atoms with Crippen molar-refractivity contribution in [1.82, 2.24) is 19.9 Å². The van der Waals surface area contributed by atoms with E-state index in [1.54, 1.807) is 12.4 Å². The van der Waals surface area contributed by atoms with Crippen LogP contribution in [0.1, 0.15) is 0 Å². The molecular weight excluding hydrogens is 224 g/mol. The molecule has 4 rings (SSSR count). The van der Waals surface area contributed by atoms with Crippen molar-refractivity contribution in [3.05, 3.63) is 61.2 Å². The van der Waals surface area contributed by atoms with E-state index in [1.165, 1.54) is 0 Å². The average molecular weight is 236 g/mol. The van der Waals surface area contributed by atoms with Crippen molar-refractivity contribution in [3.8, 4) is 0 Å². The maximum atomic E-state index is 4.09. The lowest BCUT2D eigenvalue weighted by Crippen LogP contribution is -1.70. The summed E-state index contributed by atoms with van der Waals surface area (Å²) in [4.78, 5) is 14.2. The zero-order chi connectivity index (χ0) is 12.2. The van der Waals surface area contributed by atoms with E-state index in [0.29, 0.717) is 0 Å². The number of nitrogens with one attached hydrogen (secondary N) is 2. The van der Waals surface area contributed by atoms with Gasteiger partial charge in [-0.3, -0.25) is 0 Å². The molecular formula is C14H12N4. The number of aromatic amines is 2. The molecule has 0 fully saturated rings. The first-order chi connectivity index (χ1) is 8.93. The first kappa shape index (κ1) is 10.5. The minimum atomic E-state index is 0.956. The van der Waals surface area contributed by atoms with E-state index in [0.717, 1.165) is 22.1 Å². The van der Waals surface area contributed by atoms with Crippen LogP contribution in [-0.4, -0.2) is 19.9 Å². The van der Waals surface area contributed by atoms with E-state index in [1.807, 2.05) is 48.8 Å². The second-order valence-corrected chi connectivity index (χ2v) is 3.84. The first-order valence-electron chi connectivity index (χ1n) is 5.70. The normalized spacial score (nSPS) is 10.2. The van der Waals surface area contributed by atoms with Gasteiger partial charge in [-0.25, -0.2) is 9.97 Å². The Morgan fingerprint density at radius 3 is 1.61 bits per heavy atom. The molecule has 0 aliphatic carbocycles. The van der Waals surface area contributed by atoms with Crippen LogP contribution in [0.15, 0.2) is 61.2 Å².